The molecule has 0 radical (unpaired) electrons. The Morgan fingerprint density at radius 1 is 1.14 bits per heavy atom. The van der Waals surface area contributed by atoms with Crippen molar-refractivity contribution < 1.29 is 4.79 Å². The number of benzene rings is 1. The first-order valence-electron chi connectivity index (χ1n) is 7.01. The van der Waals surface area contributed by atoms with Crippen LogP contribution in [0, 0.1) is 13.8 Å². The topological polar surface area (TPSA) is 42.0 Å². The molecular formula is C18H16N2OS. The third-order valence-corrected chi connectivity index (χ3v) is 4.37. The van der Waals surface area contributed by atoms with Crippen LogP contribution < -0.4 is 5.32 Å². The van der Waals surface area contributed by atoms with E-state index in [-0.39, 0.29) is 5.91 Å². The second kappa shape index (κ2) is 6.12. The molecule has 3 nitrogen and oxygen atoms in total. The summed E-state index contributed by atoms with van der Waals surface area (Å²) in [5, 5.41) is 4.98. The van der Waals surface area contributed by atoms with Gasteiger partial charge in [-0.05, 0) is 48.6 Å². The number of hydrogen-bond acceptors (Lipinski definition) is 3. The molecule has 3 aromatic rings. The summed E-state index contributed by atoms with van der Waals surface area (Å²) in [6.45, 7) is 3.99. The van der Waals surface area contributed by atoms with E-state index in [0.29, 0.717) is 5.56 Å². The molecule has 0 bridgehead atoms. The van der Waals surface area contributed by atoms with E-state index >= 15 is 0 Å². The van der Waals surface area contributed by atoms with Crippen LogP contribution in [-0.4, -0.2) is 10.9 Å². The highest BCUT2D eigenvalue weighted by Gasteiger charge is 2.10. The molecule has 110 valence electrons. The number of amides is 1. The van der Waals surface area contributed by atoms with Crippen molar-refractivity contribution in [3.8, 4) is 10.4 Å². The lowest BCUT2D eigenvalue weighted by Crippen LogP contribution is -2.13. The largest absolute Gasteiger partial charge is 0.322 e. The molecule has 0 fully saturated rings. The molecule has 0 atom stereocenters. The SMILES string of the molecule is Cc1ccc(C)c(NC(=O)c2cncc(-c3cccs3)c2)c1. The average molecular weight is 308 g/mol. The Labute approximate surface area is 133 Å². The molecule has 1 amide bonds. The highest BCUT2D eigenvalue weighted by atomic mass is 32.1. The van der Waals surface area contributed by atoms with Crippen LogP contribution >= 0.6 is 11.3 Å². The number of thiophene rings is 1. The summed E-state index contributed by atoms with van der Waals surface area (Å²) in [5.41, 5.74) is 4.52. The molecule has 0 unspecified atom stereocenters. The molecule has 1 N–H and O–H groups in total. The molecule has 0 saturated carbocycles. The van der Waals surface area contributed by atoms with Crippen LogP contribution in [0.25, 0.3) is 10.4 Å². The number of aromatic nitrogens is 1. The molecule has 1 aromatic carbocycles. The number of hydrogen-bond donors (Lipinski definition) is 1. The minimum Gasteiger partial charge on any atom is -0.322 e. The fourth-order valence-corrected chi connectivity index (χ4v) is 2.92. The molecule has 0 aliphatic carbocycles. The Morgan fingerprint density at radius 2 is 2.00 bits per heavy atom. The summed E-state index contributed by atoms with van der Waals surface area (Å²) in [4.78, 5) is 17.7. The van der Waals surface area contributed by atoms with Gasteiger partial charge in [-0.2, -0.15) is 0 Å². The normalized spacial score (nSPS) is 10.5. The van der Waals surface area contributed by atoms with Crippen LogP contribution in [0.4, 0.5) is 5.69 Å². The van der Waals surface area contributed by atoms with Crippen molar-refractivity contribution in [3.05, 3.63) is 70.9 Å². The quantitative estimate of drug-likeness (QED) is 0.763. The van der Waals surface area contributed by atoms with E-state index in [4.69, 9.17) is 0 Å². The highest BCUT2D eigenvalue weighted by molar-refractivity contribution is 7.13. The van der Waals surface area contributed by atoms with Gasteiger partial charge in [-0.25, -0.2) is 0 Å². The van der Waals surface area contributed by atoms with Crippen LogP contribution in [0.2, 0.25) is 0 Å². The van der Waals surface area contributed by atoms with Crippen molar-refractivity contribution in [2.45, 2.75) is 13.8 Å². The molecule has 2 heterocycles. The molecule has 0 spiro atoms. The second-order valence-corrected chi connectivity index (χ2v) is 6.16. The van der Waals surface area contributed by atoms with Crippen LogP contribution in [-0.2, 0) is 0 Å². The van der Waals surface area contributed by atoms with Gasteiger partial charge < -0.3 is 5.32 Å². The van der Waals surface area contributed by atoms with Gasteiger partial charge in [0.25, 0.3) is 5.91 Å². The van der Waals surface area contributed by atoms with E-state index in [2.05, 4.69) is 10.3 Å². The van der Waals surface area contributed by atoms with Gasteiger partial charge in [0.1, 0.15) is 0 Å². The monoisotopic (exact) mass is 308 g/mol. The van der Waals surface area contributed by atoms with Gasteiger partial charge in [-0.15, -0.1) is 11.3 Å². The van der Waals surface area contributed by atoms with Crippen molar-refractivity contribution in [2.75, 3.05) is 5.32 Å². The van der Waals surface area contributed by atoms with E-state index < -0.39 is 0 Å². The molecular weight excluding hydrogens is 292 g/mol. The van der Waals surface area contributed by atoms with Gasteiger partial charge in [0.15, 0.2) is 0 Å². The Kier molecular flexibility index (Phi) is 4.02. The van der Waals surface area contributed by atoms with E-state index in [1.807, 2.05) is 55.6 Å². The number of rotatable bonds is 3. The molecule has 2 aromatic heterocycles. The summed E-state index contributed by atoms with van der Waals surface area (Å²) in [6, 6.07) is 11.9. The molecule has 3 rings (SSSR count). The summed E-state index contributed by atoms with van der Waals surface area (Å²) in [5.74, 6) is -0.139. The lowest BCUT2D eigenvalue weighted by molar-refractivity contribution is 0.102. The van der Waals surface area contributed by atoms with Gasteiger partial charge in [0, 0.05) is 28.5 Å². The van der Waals surface area contributed by atoms with Crippen molar-refractivity contribution in [1.29, 1.82) is 0 Å². The first-order valence-corrected chi connectivity index (χ1v) is 7.89. The lowest BCUT2D eigenvalue weighted by Gasteiger charge is -2.09. The zero-order chi connectivity index (χ0) is 15.5. The lowest BCUT2D eigenvalue weighted by atomic mass is 10.1. The Balaban J connectivity index is 1.86. The Hall–Kier alpha value is -2.46. The zero-order valence-corrected chi connectivity index (χ0v) is 13.3. The van der Waals surface area contributed by atoms with Gasteiger partial charge in [0.05, 0.1) is 5.56 Å². The summed E-state index contributed by atoms with van der Waals surface area (Å²) in [7, 11) is 0. The minimum atomic E-state index is -0.139. The maximum atomic E-state index is 12.5. The molecule has 0 saturated heterocycles. The number of anilines is 1. The fourth-order valence-electron chi connectivity index (χ4n) is 2.21. The second-order valence-electron chi connectivity index (χ2n) is 5.21. The first-order chi connectivity index (χ1) is 10.6. The highest BCUT2D eigenvalue weighted by Crippen LogP contribution is 2.25. The van der Waals surface area contributed by atoms with Crippen molar-refractivity contribution in [2.24, 2.45) is 0 Å². The van der Waals surface area contributed by atoms with Gasteiger partial charge in [-0.3, -0.25) is 9.78 Å². The number of nitrogens with zero attached hydrogens (tertiary/aromatic N) is 1. The molecule has 4 heteroatoms. The number of carbonyl (C=O) groups is 1. The molecule has 22 heavy (non-hydrogen) atoms. The average Bonchev–Trinajstić information content (AvgIpc) is 3.05. The summed E-state index contributed by atoms with van der Waals surface area (Å²) >= 11 is 1.63. The minimum absolute atomic E-state index is 0.139. The zero-order valence-electron chi connectivity index (χ0n) is 12.5. The van der Waals surface area contributed by atoms with E-state index in [1.165, 1.54) is 0 Å². The predicted octanol–water partition coefficient (Wildman–Crippen LogP) is 4.68. The van der Waals surface area contributed by atoms with Gasteiger partial charge >= 0.3 is 0 Å². The smallest absolute Gasteiger partial charge is 0.257 e. The standard InChI is InChI=1S/C18H16N2OS/c1-12-5-6-13(2)16(8-12)20-18(21)15-9-14(10-19-11-15)17-4-3-7-22-17/h3-11H,1-2H3,(H,20,21). The van der Waals surface area contributed by atoms with E-state index in [9.17, 15) is 4.79 Å². The third kappa shape index (κ3) is 3.07. The van der Waals surface area contributed by atoms with Gasteiger partial charge in [0.2, 0.25) is 0 Å². The van der Waals surface area contributed by atoms with Crippen LogP contribution in [0.15, 0.2) is 54.2 Å². The fraction of sp³-hybridized carbons (Fsp3) is 0.111. The van der Waals surface area contributed by atoms with Crippen molar-refractivity contribution in [3.63, 3.8) is 0 Å². The molecule has 0 aliphatic rings. The predicted molar refractivity (Wildman–Crippen MR) is 91.4 cm³/mol. The Bertz CT molecular complexity index is 810. The maximum Gasteiger partial charge on any atom is 0.257 e. The van der Waals surface area contributed by atoms with Crippen molar-refractivity contribution in [1.82, 2.24) is 4.98 Å². The van der Waals surface area contributed by atoms with Crippen LogP contribution in [0.3, 0.4) is 0 Å². The summed E-state index contributed by atoms with van der Waals surface area (Å²) in [6.07, 6.45) is 3.37. The maximum absolute atomic E-state index is 12.5. The van der Waals surface area contributed by atoms with Crippen LogP contribution in [0.5, 0.6) is 0 Å². The van der Waals surface area contributed by atoms with Crippen molar-refractivity contribution >= 4 is 22.9 Å². The third-order valence-electron chi connectivity index (χ3n) is 3.45. The van der Waals surface area contributed by atoms with Gasteiger partial charge in [-0.1, -0.05) is 18.2 Å². The van der Waals surface area contributed by atoms with E-state index in [0.717, 1.165) is 27.3 Å². The number of pyridine rings is 1. The summed E-state index contributed by atoms with van der Waals surface area (Å²) < 4.78 is 0. The van der Waals surface area contributed by atoms with E-state index in [1.54, 1.807) is 23.7 Å². The Morgan fingerprint density at radius 3 is 2.77 bits per heavy atom. The number of carbonyl (C=O) groups excluding carboxylic acids is 1. The molecule has 0 aliphatic heterocycles. The number of nitrogens with one attached hydrogen (secondary N) is 1. The number of aryl methyl sites for hydroxylation is 2. The first kappa shape index (κ1) is 14.5. The van der Waals surface area contributed by atoms with Crippen LogP contribution in [0.1, 0.15) is 21.5 Å².